The Morgan fingerprint density at radius 1 is 1.14 bits per heavy atom. The number of carbonyl (C=O) groups is 2. The van der Waals surface area contributed by atoms with Crippen LogP contribution in [0.15, 0.2) is 36.5 Å². The quantitative estimate of drug-likeness (QED) is 0.809. The molecule has 0 unspecified atom stereocenters. The van der Waals surface area contributed by atoms with Crippen molar-refractivity contribution in [2.75, 3.05) is 18.9 Å². The van der Waals surface area contributed by atoms with Crippen LogP contribution >= 0.6 is 0 Å². The van der Waals surface area contributed by atoms with Gasteiger partial charge in [0.1, 0.15) is 0 Å². The molecule has 1 amide bonds. The van der Waals surface area contributed by atoms with Crippen molar-refractivity contribution in [2.45, 2.75) is 46.6 Å². The fourth-order valence-corrected chi connectivity index (χ4v) is 3.84. The van der Waals surface area contributed by atoms with Gasteiger partial charge in [0.2, 0.25) is 0 Å². The first kappa shape index (κ1) is 20.2. The summed E-state index contributed by atoms with van der Waals surface area (Å²) >= 11 is 0. The van der Waals surface area contributed by atoms with E-state index in [4.69, 9.17) is 0 Å². The molecular weight excluding hydrogens is 350 g/mol. The highest BCUT2D eigenvalue weighted by atomic mass is 16.1. The Kier molecular flexibility index (Phi) is 5.15. The number of rotatable bonds is 3. The Balaban J connectivity index is 1.83. The monoisotopic (exact) mass is 379 g/mol. The molecule has 0 atom stereocenters. The first-order valence-electron chi connectivity index (χ1n) is 9.61. The second-order valence-electron chi connectivity index (χ2n) is 9.40. The smallest absolute Gasteiger partial charge is 0.255 e. The number of nitrogens with one attached hydrogen (secondary N) is 1. The summed E-state index contributed by atoms with van der Waals surface area (Å²) in [5.41, 5.74) is 3.39. The number of ketones is 1. The average Bonchev–Trinajstić information content (AvgIpc) is 2.59. The molecule has 0 fully saturated rings. The molecule has 1 aliphatic rings. The molecule has 5 nitrogen and oxygen atoms in total. The van der Waals surface area contributed by atoms with Crippen LogP contribution in [0, 0.1) is 5.41 Å². The molecule has 148 valence electrons. The maximum absolute atomic E-state index is 12.7. The zero-order chi connectivity index (χ0) is 20.7. The number of hydrogen-bond donors (Lipinski definition) is 1. The highest BCUT2D eigenvalue weighted by molar-refractivity contribution is 6.07. The minimum Gasteiger partial charge on any atom is -0.321 e. The third-order valence-electron chi connectivity index (χ3n) is 5.04. The van der Waals surface area contributed by atoms with Crippen LogP contribution in [-0.2, 0) is 12.0 Å². The highest BCUT2D eigenvalue weighted by Crippen LogP contribution is 2.32. The van der Waals surface area contributed by atoms with E-state index in [1.54, 1.807) is 30.5 Å². The van der Waals surface area contributed by atoms with E-state index >= 15 is 0 Å². The van der Waals surface area contributed by atoms with Crippen molar-refractivity contribution < 1.29 is 9.59 Å². The van der Waals surface area contributed by atoms with E-state index in [-0.39, 0.29) is 17.1 Å². The van der Waals surface area contributed by atoms with Crippen LogP contribution in [0.25, 0.3) is 0 Å². The molecule has 0 aliphatic carbocycles. The molecule has 1 aliphatic heterocycles. The van der Waals surface area contributed by atoms with Crippen LogP contribution in [0.1, 0.15) is 66.6 Å². The first-order valence-corrected chi connectivity index (χ1v) is 9.61. The van der Waals surface area contributed by atoms with Crippen molar-refractivity contribution in [3.8, 4) is 0 Å². The maximum Gasteiger partial charge on any atom is 0.255 e. The van der Waals surface area contributed by atoms with Crippen molar-refractivity contribution >= 4 is 17.4 Å². The molecule has 2 aromatic rings. The van der Waals surface area contributed by atoms with Gasteiger partial charge in [-0.3, -0.25) is 14.6 Å². The molecule has 2 heterocycles. The third-order valence-corrected chi connectivity index (χ3v) is 5.04. The Morgan fingerprint density at radius 2 is 1.82 bits per heavy atom. The van der Waals surface area contributed by atoms with Crippen LogP contribution in [0.2, 0.25) is 0 Å². The number of carbonyl (C=O) groups excluding carboxylic acids is 2. The van der Waals surface area contributed by atoms with Gasteiger partial charge in [-0.05, 0) is 30.8 Å². The summed E-state index contributed by atoms with van der Waals surface area (Å²) in [4.78, 5) is 32.1. The number of fused-ring (bicyclic) bond motifs is 1. The molecule has 0 bridgehead atoms. The summed E-state index contributed by atoms with van der Waals surface area (Å²) in [6.07, 6.45) is 1.72. The Labute approximate surface area is 167 Å². The van der Waals surface area contributed by atoms with Gasteiger partial charge in [-0.15, -0.1) is 0 Å². The lowest BCUT2D eigenvalue weighted by Gasteiger charge is -2.37. The number of anilines is 1. The molecule has 3 rings (SSSR count). The number of aromatic nitrogens is 1. The minimum atomic E-state index is -0.490. The molecule has 0 saturated carbocycles. The van der Waals surface area contributed by atoms with E-state index in [0.29, 0.717) is 16.8 Å². The molecule has 28 heavy (non-hydrogen) atoms. The number of hydrogen-bond acceptors (Lipinski definition) is 4. The SMILES string of the molecule is CN1Cc2cc(NC(=O)c3cccc(C(=O)C(C)(C)C)c3)cnc2C(C)(C)C1. The summed E-state index contributed by atoms with van der Waals surface area (Å²) in [6.45, 7) is 11.8. The standard InChI is InChI=1S/C23H29N3O2/c1-22(2,3)20(27)15-8-7-9-16(10-15)21(28)25-18-11-17-13-26(6)14-23(4,5)19(17)24-12-18/h7-12H,13-14H2,1-6H3,(H,25,28). The fourth-order valence-electron chi connectivity index (χ4n) is 3.84. The first-order chi connectivity index (χ1) is 13.0. The van der Waals surface area contributed by atoms with Crippen LogP contribution in [-0.4, -0.2) is 35.2 Å². The molecule has 1 aromatic heterocycles. The second kappa shape index (κ2) is 7.13. The van der Waals surface area contributed by atoms with Crippen LogP contribution in [0.5, 0.6) is 0 Å². The lowest BCUT2D eigenvalue weighted by atomic mass is 9.82. The van der Waals surface area contributed by atoms with Crippen molar-refractivity contribution in [2.24, 2.45) is 5.41 Å². The van der Waals surface area contributed by atoms with Crippen molar-refractivity contribution in [3.63, 3.8) is 0 Å². The molecule has 0 spiro atoms. The highest BCUT2D eigenvalue weighted by Gasteiger charge is 2.31. The van der Waals surface area contributed by atoms with Gasteiger partial charge < -0.3 is 10.2 Å². The van der Waals surface area contributed by atoms with Crippen molar-refractivity contribution in [3.05, 3.63) is 58.9 Å². The predicted octanol–water partition coefficient (Wildman–Crippen LogP) is 4.29. The molecular formula is C23H29N3O2. The van der Waals surface area contributed by atoms with Gasteiger partial charge in [0.15, 0.2) is 5.78 Å². The van der Waals surface area contributed by atoms with Gasteiger partial charge in [0, 0.05) is 35.0 Å². The van der Waals surface area contributed by atoms with E-state index in [9.17, 15) is 9.59 Å². The lowest BCUT2D eigenvalue weighted by Crippen LogP contribution is -2.40. The second-order valence-corrected chi connectivity index (χ2v) is 9.40. The number of nitrogens with zero attached hydrogens (tertiary/aromatic N) is 2. The number of pyridine rings is 1. The topological polar surface area (TPSA) is 62.3 Å². The van der Waals surface area contributed by atoms with Crippen LogP contribution in [0.3, 0.4) is 0 Å². The minimum absolute atomic E-state index is 0.0165. The number of Topliss-reactive ketones (excluding diaryl/α,β-unsaturated/α-hetero) is 1. The zero-order valence-corrected chi connectivity index (χ0v) is 17.6. The van der Waals surface area contributed by atoms with Crippen molar-refractivity contribution in [1.82, 2.24) is 9.88 Å². The maximum atomic E-state index is 12.7. The normalized spacial score (nSPS) is 16.4. The summed E-state index contributed by atoms with van der Waals surface area (Å²) in [6, 6.07) is 8.88. The fraction of sp³-hybridized carbons (Fsp3) is 0.435. The van der Waals surface area contributed by atoms with E-state index in [2.05, 4.69) is 36.1 Å². The Bertz CT molecular complexity index is 926. The number of amides is 1. The number of benzene rings is 1. The van der Waals surface area contributed by atoms with E-state index in [1.165, 1.54) is 0 Å². The third kappa shape index (κ3) is 4.14. The molecule has 0 saturated heterocycles. The molecule has 0 radical (unpaired) electrons. The van der Waals surface area contributed by atoms with Gasteiger partial charge >= 0.3 is 0 Å². The van der Waals surface area contributed by atoms with Gasteiger partial charge in [-0.1, -0.05) is 46.8 Å². The average molecular weight is 380 g/mol. The Hall–Kier alpha value is -2.53. The molecule has 5 heteroatoms. The van der Waals surface area contributed by atoms with Crippen molar-refractivity contribution in [1.29, 1.82) is 0 Å². The summed E-state index contributed by atoms with van der Waals surface area (Å²) < 4.78 is 0. The van der Waals surface area contributed by atoms with Gasteiger partial charge in [0.25, 0.3) is 5.91 Å². The molecule has 1 aromatic carbocycles. The molecule has 1 N–H and O–H groups in total. The van der Waals surface area contributed by atoms with E-state index in [0.717, 1.165) is 24.3 Å². The van der Waals surface area contributed by atoms with Crippen LogP contribution in [0.4, 0.5) is 5.69 Å². The summed E-state index contributed by atoms with van der Waals surface area (Å²) in [5, 5.41) is 2.92. The van der Waals surface area contributed by atoms with Gasteiger partial charge in [0.05, 0.1) is 17.6 Å². The van der Waals surface area contributed by atoms with E-state index in [1.807, 2.05) is 26.8 Å². The summed E-state index contributed by atoms with van der Waals surface area (Å²) in [5.74, 6) is -0.225. The summed E-state index contributed by atoms with van der Waals surface area (Å²) in [7, 11) is 2.09. The van der Waals surface area contributed by atoms with Gasteiger partial charge in [-0.2, -0.15) is 0 Å². The largest absolute Gasteiger partial charge is 0.321 e. The van der Waals surface area contributed by atoms with E-state index < -0.39 is 5.41 Å². The van der Waals surface area contributed by atoms with Crippen LogP contribution < -0.4 is 5.32 Å². The lowest BCUT2D eigenvalue weighted by molar-refractivity contribution is 0.0858. The zero-order valence-electron chi connectivity index (χ0n) is 17.6. The predicted molar refractivity (Wildman–Crippen MR) is 112 cm³/mol. The van der Waals surface area contributed by atoms with Gasteiger partial charge in [-0.25, -0.2) is 0 Å². The number of likely N-dealkylation sites (N-methyl/N-ethyl adjacent to an activating group) is 1. The Morgan fingerprint density at radius 3 is 2.50 bits per heavy atom.